The van der Waals surface area contributed by atoms with Gasteiger partial charge in [-0.1, -0.05) is 12.0 Å². The molecule has 6 nitrogen and oxygen atoms in total. The van der Waals surface area contributed by atoms with Crippen molar-refractivity contribution in [3.05, 3.63) is 35.7 Å². The Balaban J connectivity index is 2.35. The van der Waals surface area contributed by atoms with Crippen molar-refractivity contribution < 1.29 is 9.47 Å². The van der Waals surface area contributed by atoms with Crippen molar-refractivity contribution in [1.29, 1.82) is 0 Å². The van der Waals surface area contributed by atoms with Gasteiger partial charge in [0.2, 0.25) is 5.95 Å². The number of anilines is 1. The van der Waals surface area contributed by atoms with Crippen LogP contribution in [-0.4, -0.2) is 29.6 Å². The van der Waals surface area contributed by atoms with Crippen molar-refractivity contribution in [2.75, 3.05) is 19.5 Å². The molecule has 2 aromatic rings. The maximum Gasteiger partial charge on any atom is 0.221 e. The van der Waals surface area contributed by atoms with Crippen molar-refractivity contribution >= 4 is 12.2 Å². The molecule has 0 saturated carbocycles. The summed E-state index contributed by atoms with van der Waals surface area (Å²) in [4.78, 5) is 4.07. The molecular weight excluding hydrogens is 268 g/mol. The summed E-state index contributed by atoms with van der Waals surface area (Å²) in [6.07, 6.45) is 8.57. The number of terminal acetylenes is 1. The topological polar surface area (TPSA) is 74.7 Å². The Morgan fingerprint density at radius 2 is 2.33 bits per heavy atom. The Labute approximate surface area is 123 Å². The number of ether oxygens (including phenoxy) is 2. The zero-order chi connectivity index (χ0) is 15.2. The van der Waals surface area contributed by atoms with Gasteiger partial charge in [-0.25, -0.2) is 9.66 Å². The van der Waals surface area contributed by atoms with Crippen LogP contribution in [0.4, 0.5) is 5.95 Å². The number of hydrogen-bond donors (Lipinski definition) is 1. The molecule has 1 heterocycles. The van der Waals surface area contributed by atoms with E-state index in [9.17, 15) is 0 Å². The highest BCUT2D eigenvalue weighted by Gasteiger charge is 2.09. The lowest BCUT2D eigenvalue weighted by atomic mass is 10.2. The van der Waals surface area contributed by atoms with Gasteiger partial charge in [0.05, 0.1) is 25.2 Å². The van der Waals surface area contributed by atoms with Crippen LogP contribution in [0.5, 0.6) is 11.5 Å². The lowest BCUT2D eigenvalue weighted by molar-refractivity contribution is 0.330. The highest BCUT2D eigenvalue weighted by Crippen LogP contribution is 2.30. The van der Waals surface area contributed by atoms with Crippen LogP contribution >= 0.6 is 0 Å². The van der Waals surface area contributed by atoms with E-state index >= 15 is 0 Å². The monoisotopic (exact) mass is 284 g/mol. The van der Waals surface area contributed by atoms with Crippen LogP contribution in [-0.2, 0) is 0 Å². The summed E-state index contributed by atoms with van der Waals surface area (Å²) in [5, 5.41) is 4.26. The average molecular weight is 284 g/mol. The molecule has 108 valence electrons. The minimum atomic E-state index is 0.146. The van der Waals surface area contributed by atoms with Gasteiger partial charge in [-0.15, -0.1) is 6.42 Å². The van der Waals surface area contributed by atoms with Crippen LogP contribution in [0.3, 0.4) is 0 Å². The van der Waals surface area contributed by atoms with Crippen LogP contribution in [0.15, 0.2) is 29.5 Å². The summed E-state index contributed by atoms with van der Waals surface area (Å²) in [7, 11) is 1.57. The molecule has 0 aliphatic heterocycles. The zero-order valence-corrected chi connectivity index (χ0v) is 11.9. The van der Waals surface area contributed by atoms with E-state index in [1.54, 1.807) is 25.6 Å². The maximum absolute atomic E-state index is 5.74. The predicted molar refractivity (Wildman–Crippen MR) is 81.7 cm³/mol. The Bertz CT molecular complexity index is 698. The Kier molecular flexibility index (Phi) is 4.46. The van der Waals surface area contributed by atoms with E-state index in [1.165, 1.54) is 4.68 Å². The van der Waals surface area contributed by atoms with E-state index in [4.69, 9.17) is 21.6 Å². The summed E-state index contributed by atoms with van der Waals surface area (Å²) in [5.41, 5.74) is 7.26. The molecule has 1 aromatic carbocycles. The zero-order valence-electron chi connectivity index (χ0n) is 11.9. The van der Waals surface area contributed by atoms with Crippen molar-refractivity contribution in [3.63, 3.8) is 0 Å². The SMILES string of the molecule is C#CCOc1c(C=Nn2cc(C)nc2N)cccc1OC. The molecule has 2 rings (SSSR count). The molecule has 0 atom stereocenters. The Morgan fingerprint density at radius 1 is 1.52 bits per heavy atom. The van der Waals surface area contributed by atoms with Crippen molar-refractivity contribution in [2.24, 2.45) is 5.10 Å². The molecule has 0 unspecified atom stereocenters. The van der Waals surface area contributed by atoms with Crippen molar-refractivity contribution in [2.45, 2.75) is 6.92 Å². The number of para-hydroxylation sites is 1. The van der Waals surface area contributed by atoms with Gasteiger partial charge in [-0.05, 0) is 19.1 Å². The molecule has 1 aromatic heterocycles. The molecule has 0 aliphatic rings. The molecule has 0 radical (unpaired) electrons. The number of imidazole rings is 1. The molecule has 0 amide bonds. The van der Waals surface area contributed by atoms with Gasteiger partial charge in [0.15, 0.2) is 11.5 Å². The second kappa shape index (κ2) is 6.48. The number of benzene rings is 1. The van der Waals surface area contributed by atoms with Crippen LogP contribution in [0, 0.1) is 19.3 Å². The molecule has 21 heavy (non-hydrogen) atoms. The number of aryl methyl sites for hydroxylation is 1. The van der Waals surface area contributed by atoms with Gasteiger partial charge >= 0.3 is 0 Å². The van der Waals surface area contributed by atoms with Gasteiger partial charge in [-0.3, -0.25) is 0 Å². The van der Waals surface area contributed by atoms with Crippen LogP contribution in [0.2, 0.25) is 0 Å². The molecule has 0 saturated heterocycles. The largest absolute Gasteiger partial charge is 0.493 e. The lowest BCUT2D eigenvalue weighted by Crippen LogP contribution is -2.01. The van der Waals surface area contributed by atoms with E-state index in [0.29, 0.717) is 17.4 Å². The lowest BCUT2D eigenvalue weighted by Gasteiger charge is -2.11. The number of aromatic nitrogens is 2. The third-order valence-corrected chi connectivity index (χ3v) is 2.69. The van der Waals surface area contributed by atoms with Crippen LogP contribution in [0.25, 0.3) is 0 Å². The molecule has 0 spiro atoms. The van der Waals surface area contributed by atoms with Gasteiger partial charge in [0, 0.05) is 5.56 Å². The fourth-order valence-electron chi connectivity index (χ4n) is 1.78. The molecule has 0 aliphatic carbocycles. The van der Waals surface area contributed by atoms with E-state index < -0.39 is 0 Å². The third-order valence-electron chi connectivity index (χ3n) is 2.69. The standard InChI is InChI=1S/C15H16N4O2/c1-4-8-21-14-12(6-5-7-13(14)20-3)9-17-19-10-11(2)18-15(19)16/h1,5-7,9-10H,8H2,2-3H3,(H2,16,18). The van der Waals surface area contributed by atoms with Crippen LogP contribution < -0.4 is 15.2 Å². The fourth-order valence-corrected chi connectivity index (χ4v) is 1.78. The number of nitrogen functional groups attached to an aromatic ring is 1. The number of nitrogens with two attached hydrogens (primary N) is 1. The quantitative estimate of drug-likeness (QED) is 0.669. The normalized spacial score (nSPS) is 10.5. The molecule has 0 bridgehead atoms. The van der Waals surface area contributed by atoms with Gasteiger partial charge in [0.25, 0.3) is 0 Å². The minimum absolute atomic E-state index is 0.146. The van der Waals surface area contributed by atoms with E-state index in [2.05, 4.69) is 16.0 Å². The summed E-state index contributed by atoms with van der Waals surface area (Å²) >= 11 is 0. The van der Waals surface area contributed by atoms with Gasteiger partial charge in [0.1, 0.15) is 6.61 Å². The van der Waals surface area contributed by atoms with E-state index in [1.807, 2.05) is 19.1 Å². The van der Waals surface area contributed by atoms with Crippen LogP contribution in [0.1, 0.15) is 11.3 Å². The number of hydrogen-bond acceptors (Lipinski definition) is 5. The molecule has 0 fully saturated rings. The van der Waals surface area contributed by atoms with E-state index in [-0.39, 0.29) is 6.61 Å². The van der Waals surface area contributed by atoms with Crippen molar-refractivity contribution in [1.82, 2.24) is 9.66 Å². The molecule has 2 N–H and O–H groups in total. The molecular formula is C15H16N4O2. The number of rotatable bonds is 5. The second-order valence-corrected chi connectivity index (χ2v) is 4.20. The van der Waals surface area contributed by atoms with E-state index in [0.717, 1.165) is 11.3 Å². The summed E-state index contributed by atoms with van der Waals surface area (Å²) in [6, 6.07) is 5.47. The predicted octanol–water partition coefficient (Wildman–Crippen LogP) is 1.68. The first-order valence-corrected chi connectivity index (χ1v) is 6.24. The van der Waals surface area contributed by atoms with Crippen molar-refractivity contribution in [3.8, 4) is 23.8 Å². The summed E-state index contributed by atoms with van der Waals surface area (Å²) in [6.45, 7) is 1.99. The first-order chi connectivity index (χ1) is 10.2. The summed E-state index contributed by atoms with van der Waals surface area (Å²) in [5.74, 6) is 3.87. The first-order valence-electron chi connectivity index (χ1n) is 6.24. The minimum Gasteiger partial charge on any atom is -0.493 e. The fraction of sp³-hybridized carbons (Fsp3) is 0.200. The second-order valence-electron chi connectivity index (χ2n) is 4.20. The highest BCUT2D eigenvalue weighted by atomic mass is 16.5. The number of nitrogens with zero attached hydrogens (tertiary/aromatic N) is 3. The maximum atomic E-state index is 5.74. The average Bonchev–Trinajstić information content (AvgIpc) is 2.80. The Hall–Kier alpha value is -2.94. The first kappa shape index (κ1) is 14.5. The van der Waals surface area contributed by atoms with Gasteiger partial charge in [-0.2, -0.15) is 5.10 Å². The highest BCUT2D eigenvalue weighted by molar-refractivity contribution is 5.85. The smallest absolute Gasteiger partial charge is 0.221 e. The molecule has 6 heteroatoms. The summed E-state index contributed by atoms with van der Waals surface area (Å²) < 4.78 is 12.3. The Morgan fingerprint density at radius 3 is 2.95 bits per heavy atom. The third kappa shape index (κ3) is 3.34. The number of methoxy groups -OCH3 is 1. The van der Waals surface area contributed by atoms with Gasteiger partial charge < -0.3 is 15.2 Å².